The van der Waals surface area contributed by atoms with Crippen LogP contribution in [0, 0.1) is 0 Å². The summed E-state index contributed by atoms with van der Waals surface area (Å²) in [5.41, 5.74) is 2.54. The maximum Gasteiger partial charge on any atom is 0.337 e. The minimum absolute atomic E-state index is 0.0984. The van der Waals surface area contributed by atoms with Crippen molar-refractivity contribution in [2.24, 2.45) is 0 Å². The SMILES string of the molecule is COC(=O)c1ccc(CNC(=O)NCC(c2ccccc2)N(C)C)cc1. The Bertz CT molecular complexity index is 715. The molecule has 0 aliphatic heterocycles. The van der Waals surface area contributed by atoms with Gasteiger partial charge < -0.3 is 20.3 Å². The first-order chi connectivity index (χ1) is 12.5. The fourth-order valence-electron chi connectivity index (χ4n) is 2.58. The first-order valence-corrected chi connectivity index (χ1v) is 8.41. The third-order valence-electron chi connectivity index (χ3n) is 4.09. The molecule has 0 bridgehead atoms. The molecule has 2 N–H and O–H groups in total. The molecular formula is C20H25N3O3. The molecule has 138 valence electrons. The van der Waals surface area contributed by atoms with Crippen LogP contribution in [0.3, 0.4) is 0 Å². The van der Waals surface area contributed by atoms with E-state index in [0.29, 0.717) is 18.7 Å². The molecule has 6 nitrogen and oxygen atoms in total. The van der Waals surface area contributed by atoms with Gasteiger partial charge in [0.05, 0.1) is 18.7 Å². The minimum Gasteiger partial charge on any atom is -0.465 e. The average molecular weight is 355 g/mol. The predicted molar refractivity (Wildman–Crippen MR) is 101 cm³/mol. The van der Waals surface area contributed by atoms with Crippen molar-refractivity contribution < 1.29 is 14.3 Å². The quantitative estimate of drug-likeness (QED) is 0.749. The van der Waals surface area contributed by atoms with Crippen LogP contribution in [0.15, 0.2) is 54.6 Å². The van der Waals surface area contributed by atoms with Crippen LogP contribution in [-0.4, -0.2) is 44.7 Å². The summed E-state index contributed by atoms with van der Waals surface area (Å²) in [6.45, 7) is 0.884. The topological polar surface area (TPSA) is 70.7 Å². The number of carbonyl (C=O) groups excluding carboxylic acids is 2. The van der Waals surface area contributed by atoms with Crippen molar-refractivity contribution >= 4 is 12.0 Å². The molecular weight excluding hydrogens is 330 g/mol. The summed E-state index contributed by atoms with van der Waals surface area (Å²) in [5, 5.41) is 5.73. The Morgan fingerprint density at radius 2 is 1.65 bits per heavy atom. The van der Waals surface area contributed by atoms with E-state index in [0.717, 1.165) is 11.1 Å². The number of hydrogen-bond acceptors (Lipinski definition) is 4. The van der Waals surface area contributed by atoms with Gasteiger partial charge in [-0.2, -0.15) is 0 Å². The van der Waals surface area contributed by atoms with E-state index in [9.17, 15) is 9.59 Å². The molecule has 1 atom stereocenters. The van der Waals surface area contributed by atoms with Gasteiger partial charge in [0.2, 0.25) is 0 Å². The maximum atomic E-state index is 12.1. The lowest BCUT2D eigenvalue weighted by Gasteiger charge is -2.25. The highest BCUT2D eigenvalue weighted by atomic mass is 16.5. The zero-order chi connectivity index (χ0) is 18.9. The number of hydrogen-bond donors (Lipinski definition) is 2. The highest BCUT2D eigenvalue weighted by Crippen LogP contribution is 2.16. The van der Waals surface area contributed by atoms with Crippen LogP contribution in [0.25, 0.3) is 0 Å². The summed E-state index contributed by atoms with van der Waals surface area (Å²) < 4.78 is 4.66. The number of carbonyl (C=O) groups is 2. The second kappa shape index (κ2) is 9.58. The van der Waals surface area contributed by atoms with Crippen molar-refractivity contribution in [3.05, 3.63) is 71.3 Å². The van der Waals surface area contributed by atoms with E-state index in [-0.39, 0.29) is 18.0 Å². The third-order valence-corrected chi connectivity index (χ3v) is 4.09. The molecule has 1 unspecified atom stereocenters. The molecule has 0 aliphatic rings. The molecule has 0 radical (unpaired) electrons. The van der Waals surface area contributed by atoms with Gasteiger partial charge in [0.1, 0.15) is 0 Å². The molecule has 26 heavy (non-hydrogen) atoms. The van der Waals surface area contributed by atoms with Gasteiger partial charge in [-0.05, 0) is 37.4 Å². The zero-order valence-electron chi connectivity index (χ0n) is 15.4. The van der Waals surface area contributed by atoms with Crippen molar-refractivity contribution in [1.82, 2.24) is 15.5 Å². The van der Waals surface area contributed by atoms with Gasteiger partial charge in [0.15, 0.2) is 0 Å². The number of rotatable bonds is 7. The first-order valence-electron chi connectivity index (χ1n) is 8.41. The molecule has 0 aliphatic carbocycles. The highest BCUT2D eigenvalue weighted by Gasteiger charge is 2.14. The van der Waals surface area contributed by atoms with Crippen LogP contribution in [0.2, 0.25) is 0 Å². The highest BCUT2D eigenvalue weighted by molar-refractivity contribution is 5.89. The summed E-state index contributed by atoms with van der Waals surface area (Å²) in [5.74, 6) is -0.377. The van der Waals surface area contributed by atoms with E-state index in [1.54, 1.807) is 24.3 Å². The van der Waals surface area contributed by atoms with E-state index in [1.165, 1.54) is 7.11 Å². The maximum absolute atomic E-state index is 12.1. The Kier molecular flexibility index (Phi) is 7.17. The van der Waals surface area contributed by atoms with Crippen molar-refractivity contribution in [2.45, 2.75) is 12.6 Å². The van der Waals surface area contributed by atoms with E-state index in [4.69, 9.17) is 0 Å². The summed E-state index contributed by atoms with van der Waals surface area (Å²) in [4.78, 5) is 25.6. The Balaban J connectivity index is 1.83. The van der Waals surface area contributed by atoms with E-state index < -0.39 is 0 Å². The molecule has 0 aromatic heterocycles. The molecule has 0 fully saturated rings. The molecule has 2 aromatic carbocycles. The summed E-state index contributed by atoms with van der Waals surface area (Å²) in [6, 6.07) is 16.9. The van der Waals surface area contributed by atoms with Crippen LogP contribution >= 0.6 is 0 Å². The Labute approximate surface area is 154 Å². The second-order valence-electron chi connectivity index (χ2n) is 6.14. The number of esters is 1. The van der Waals surface area contributed by atoms with Gasteiger partial charge in [-0.3, -0.25) is 0 Å². The van der Waals surface area contributed by atoms with Crippen LogP contribution in [-0.2, 0) is 11.3 Å². The summed E-state index contributed by atoms with van der Waals surface area (Å²) >= 11 is 0. The molecule has 0 heterocycles. The Morgan fingerprint density at radius 1 is 1.00 bits per heavy atom. The Morgan fingerprint density at radius 3 is 2.23 bits per heavy atom. The van der Waals surface area contributed by atoms with Gasteiger partial charge in [-0.15, -0.1) is 0 Å². The fourth-order valence-corrected chi connectivity index (χ4v) is 2.58. The number of ether oxygens (including phenoxy) is 1. The third kappa shape index (κ3) is 5.60. The number of urea groups is 1. The number of nitrogens with zero attached hydrogens (tertiary/aromatic N) is 1. The van der Waals surface area contributed by atoms with E-state index >= 15 is 0 Å². The fraction of sp³-hybridized carbons (Fsp3) is 0.300. The molecule has 2 aromatic rings. The first kappa shape index (κ1) is 19.5. The van der Waals surface area contributed by atoms with Gasteiger partial charge in [0, 0.05) is 13.1 Å². The van der Waals surface area contributed by atoms with Crippen molar-refractivity contribution in [3.8, 4) is 0 Å². The average Bonchev–Trinajstić information content (AvgIpc) is 2.67. The smallest absolute Gasteiger partial charge is 0.337 e. The van der Waals surface area contributed by atoms with Crippen molar-refractivity contribution in [2.75, 3.05) is 27.7 Å². The number of likely N-dealkylation sites (N-methyl/N-ethyl adjacent to an activating group) is 1. The molecule has 0 saturated heterocycles. The number of methoxy groups -OCH3 is 1. The van der Waals surface area contributed by atoms with Gasteiger partial charge in [-0.1, -0.05) is 42.5 Å². The molecule has 6 heteroatoms. The lowest BCUT2D eigenvalue weighted by Crippen LogP contribution is -2.40. The lowest BCUT2D eigenvalue weighted by atomic mass is 10.1. The predicted octanol–water partition coefficient (Wildman–Crippen LogP) is 2.58. The van der Waals surface area contributed by atoms with Crippen molar-refractivity contribution in [1.29, 1.82) is 0 Å². The second-order valence-corrected chi connectivity index (χ2v) is 6.14. The Hall–Kier alpha value is -2.86. The van der Waals surface area contributed by atoms with Gasteiger partial charge in [-0.25, -0.2) is 9.59 Å². The molecule has 2 rings (SSSR count). The van der Waals surface area contributed by atoms with Gasteiger partial charge in [0.25, 0.3) is 0 Å². The number of benzene rings is 2. The standard InChI is InChI=1S/C20H25N3O3/c1-23(2)18(16-7-5-4-6-8-16)14-22-20(25)21-13-15-9-11-17(12-10-15)19(24)26-3/h4-12,18H,13-14H2,1-3H3,(H2,21,22,25). The zero-order valence-corrected chi connectivity index (χ0v) is 15.4. The normalized spacial score (nSPS) is 11.7. The summed E-state index contributed by atoms with van der Waals surface area (Å²) in [6.07, 6.45) is 0. The lowest BCUT2D eigenvalue weighted by molar-refractivity contribution is 0.0600. The van der Waals surface area contributed by atoms with Crippen molar-refractivity contribution in [3.63, 3.8) is 0 Å². The summed E-state index contributed by atoms with van der Waals surface area (Å²) in [7, 11) is 5.32. The van der Waals surface area contributed by atoms with Crippen LogP contribution in [0.1, 0.15) is 27.5 Å². The van der Waals surface area contributed by atoms with Crippen LogP contribution in [0.4, 0.5) is 4.79 Å². The number of amides is 2. The largest absolute Gasteiger partial charge is 0.465 e. The van der Waals surface area contributed by atoms with Crippen LogP contribution < -0.4 is 10.6 Å². The molecule has 2 amide bonds. The van der Waals surface area contributed by atoms with E-state index in [2.05, 4.69) is 20.3 Å². The number of nitrogens with one attached hydrogen (secondary N) is 2. The van der Waals surface area contributed by atoms with Gasteiger partial charge >= 0.3 is 12.0 Å². The monoisotopic (exact) mass is 355 g/mol. The van der Waals surface area contributed by atoms with E-state index in [1.807, 2.05) is 44.4 Å². The molecule has 0 saturated carbocycles. The minimum atomic E-state index is -0.377. The molecule has 0 spiro atoms. The van der Waals surface area contributed by atoms with Crippen LogP contribution in [0.5, 0.6) is 0 Å².